The molecule has 0 saturated heterocycles. The van der Waals surface area contributed by atoms with E-state index in [0.717, 1.165) is 18.4 Å². The first-order chi connectivity index (χ1) is 11.7. The molecule has 0 spiro atoms. The molecule has 0 bridgehead atoms. The Balaban J connectivity index is 2.47. The van der Waals surface area contributed by atoms with Crippen LogP contribution in [0.4, 0.5) is 0 Å². The smallest absolute Gasteiger partial charge is 0.110 e. The number of likely N-dealkylation sites (N-methyl/N-ethyl adjacent to an activating group) is 1. The highest BCUT2D eigenvalue weighted by atomic mass is 16.5. The van der Waals surface area contributed by atoms with Crippen molar-refractivity contribution >= 4 is 0 Å². The van der Waals surface area contributed by atoms with Crippen molar-refractivity contribution in [3.8, 4) is 0 Å². The van der Waals surface area contributed by atoms with E-state index in [9.17, 15) is 5.11 Å². The Labute approximate surface area is 153 Å². The van der Waals surface area contributed by atoms with Gasteiger partial charge in [0.2, 0.25) is 0 Å². The first-order valence-electron chi connectivity index (χ1n) is 8.82. The number of hydrogen-bond donors (Lipinski definition) is 0. The van der Waals surface area contributed by atoms with Gasteiger partial charge in [0.1, 0.15) is 6.04 Å². The fourth-order valence-electron chi connectivity index (χ4n) is 3.18. The monoisotopic (exact) mass is 343 g/mol. The maximum atomic E-state index is 11.4. The molecule has 0 heterocycles. The first-order valence-corrected chi connectivity index (χ1v) is 8.82. The van der Waals surface area contributed by atoms with E-state index in [-0.39, 0.29) is 11.8 Å². The standard InChI is InChI=1S/C22H33NO2/c1-18(2)22(23(5,6)16-20(4)24)13-12-19(3)14-15-25-17-21-10-8-7-9-11-21/h7-11,14,22H,1,4,12-13,15-17H2,2-3,5-6H3/b19-14+. The van der Waals surface area contributed by atoms with Crippen LogP contribution in [0, 0.1) is 0 Å². The number of hydrogen-bond acceptors (Lipinski definition) is 2. The molecule has 0 aromatic heterocycles. The summed E-state index contributed by atoms with van der Waals surface area (Å²) in [6, 6.07) is 10.4. The molecule has 1 aromatic carbocycles. The van der Waals surface area contributed by atoms with Crippen LogP contribution < -0.4 is 5.11 Å². The van der Waals surface area contributed by atoms with Crippen LogP contribution in [0.2, 0.25) is 0 Å². The van der Waals surface area contributed by atoms with Crippen LogP contribution in [0.15, 0.2) is 66.5 Å². The number of ether oxygens (including phenoxy) is 1. The van der Waals surface area contributed by atoms with Crippen LogP contribution in [-0.2, 0) is 11.3 Å². The quantitative estimate of drug-likeness (QED) is 0.265. The van der Waals surface area contributed by atoms with Crippen LogP contribution in [0.1, 0.15) is 32.3 Å². The third kappa shape index (κ3) is 8.19. The van der Waals surface area contributed by atoms with Gasteiger partial charge < -0.3 is 14.3 Å². The SMILES string of the molecule is C=C([O-])C[N+](C)(C)C(CC/C(C)=C/COCc1ccccc1)C(=C)C. The first kappa shape index (κ1) is 21.2. The lowest BCUT2D eigenvalue weighted by Gasteiger charge is -2.40. The van der Waals surface area contributed by atoms with E-state index in [1.807, 2.05) is 25.1 Å². The van der Waals surface area contributed by atoms with Gasteiger partial charge in [0.15, 0.2) is 0 Å². The molecule has 0 aliphatic heterocycles. The molecule has 0 amide bonds. The zero-order valence-electron chi connectivity index (χ0n) is 16.3. The Morgan fingerprint density at radius 2 is 1.84 bits per heavy atom. The second kappa shape index (κ2) is 10.2. The minimum Gasteiger partial charge on any atom is -0.872 e. The summed E-state index contributed by atoms with van der Waals surface area (Å²) in [6.07, 6.45) is 4.08. The molecular formula is C22H33NO2. The lowest BCUT2D eigenvalue weighted by atomic mass is 9.98. The van der Waals surface area contributed by atoms with Crippen LogP contribution in [0.3, 0.4) is 0 Å². The Morgan fingerprint density at radius 1 is 1.20 bits per heavy atom. The highest BCUT2D eigenvalue weighted by Crippen LogP contribution is 2.22. The molecular weight excluding hydrogens is 310 g/mol. The van der Waals surface area contributed by atoms with Crippen molar-refractivity contribution in [1.29, 1.82) is 0 Å². The number of rotatable bonds is 11. The second-order valence-electron chi connectivity index (χ2n) is 7.43. The summed E-state index contributed by atoms with van der Waals surface area (Å²) in [6.45, 7) is 13.5. The minimum absolute atomic E-state index is 0.0298. The van der Waals surface area contributed by atoms with E-state index in [1.165, 1.54) is 11.1 Å². The highest BCUT2D eigenvalue weighted by molar-refractivity contribution is 5.13. The van der Waals surface area contributed by atoms with Gasteiger partial charge in [0, 0.05) is 6.42 Å². The molecule has 0 saturated carbocycles. The maximum Gasteiger partial charge on any atom is 0.110 e. The number of quaternary nitrogens is 1. The fraction of sp³-hybridized carbons (Fsp3) is 0.455. The molecule has 0 N–H and O–H groups in total. The lowest BCUT2D eigenvalue weighted by molar-refractivity contribution is -0.909. The molecule has 1 unspecified atom stereocenters. The summed E-state index contributed by atoms with van der Waals surface area (Å²) >= 11 is 0. The average Bonchev–Trinajstić information content (AvgIpc) is 2.51. The van der Waals surface area contributed by atoms with Crippen LogP contribution in [-0.4, -0.2) is 37.8 Å². The van der Waals surface area contributed by atoms with Crippen LogP contribution >= 0.6 is 0 Å². The van der Waals surface area contributed by atoms with Crippen molar-refractivity contribution < 1.29 is 14.3 Å². The van der Waals surface area contributed by atoms with Gasteiger partial charge in [-0.05, 0) is 31.4 Å². The van der Waals surface area contributed by atoms with E-state index in [0.29, 0.717) is 24.2 Å². The van der Waals surface area contributed by atoms with E-state index < -0.39 is 0 Å². The van der Waals surface area contributed by atoms with E-state index in [2.05, 4.69) is 52.4 Å². The summed E-state index contributed by atoms with van der Waals surface area (Å²) in [4.78, 5) is 0. The molecule has 0 radical (unpaired) electrons. The van der Waals surface area contributed by atoms with Gasteiger partial charge in [-0.2, -0.15) is 0 Å². The third-order valence-corrected chi connectivity index (χ3v) is 4.47. The Kier molecular flexibility index (Phi) is 8.67. The maximum absolute atomic E-state index is 11.4. The molecule has 0 fully saturated rings. The van der Waals surface area contributed by atoms with Gasteiger partial charge in [-0.1, -0.05) is 54.3 Å². The van der Waals surface area contributed by atoms with Crippen molar-refractivity contribution in [2.24, 2.45) is 0 Å². The van der Waals surface area contributed by atoms with Gasteiger partial charge in [0.05, 0.1) is 33.9 Å². The molecule has 0 aliphatic carbocycles. The molecule has 25 heavy (non-hydrogen) atoms. The summed E-state index contributed by atoms with van der Waals surface area (Å²) < 4.78 is 6.32. The largest absolute Gasteiger partial charge is 0.872 e. The number of nitrogens with zero attached hydrogens (tertiary/aromatic N) is 1. The van der Waals surface area contributed by atoms with Crippen molar-refractivity contribution in [3.63, 3.8) is 0 Å². The topological polar surface area (TPSA) is 32.3 Å². The van der Waals surface area contributed by atoms with Crippen LogP contribution in [0.25, 0.3) is 0 Å². The Hall–Kier alpha value is -1.84. The zero-order chi connectivity index (χ0) is 18.9. The van der Waals surface area contributed by atoms with Gasteiger partial charge in [-0.25, -0.2) is 0 Å². The average molecular weight is 344 g/mol. The highest BCUT2D eigenvalue weighted by Gasteiger charge is 2.27. The van der Waals surface area contributed by atoms with Gasteiger partial charge in [-0.3, -0.25) is 0 Å². The summed E-state index contributed by atoms with van der Waals surface area (Å²) in [5.41, 5.74) is 3.60. The normalized spacial score (nSPS) is 13.5. The van der Waals surface area contributed by atoms with Crippen molar-refractivity contribution in [2.75, 3.05) is 27.2 Å². The molecule has 3 heteroatoms. The van der Waals surface area contributed by atoms with Gasteiger partial charge in [0.25, 0.3) is 0 Å². The van der Waals surface area contributed by atoms with Crippen molar-refractivity contribution in [2.45, 2.75) is 39.3 Å². The molecule has 1 rings (SSSR count). The zero-order valence-corrected chi connectivity index (χ0v) is 16.3. The third-order valence-electron chi connectivity index (χ3n) is 4.47. The van der Waals surface area contributed by atoms with Crippen LogP contribution in [0.5, 0.6) is 0 Å². The van der Waals surface area contributed by atoms with E-state index in [4.69, 9.17) is 4.74 Å². The summed E-state index contributed by atoms with van der Waals surface area (Å²) in [7, 11) is 4.15. The van der Waals surface area contributed by atoms with Crippen molar-refractivity contribution in [1.82, 2.24) is 0 Å². The second-order valence-corrected chi connectivity index (χ2v) is 7.43. The van der Waals surface area contributed by atoms with Gasteiger partial charge >= 0.3 is 0 Å². The van der Waals surface area contributed by atoms with E-state index >= 15 is 0 Å². The predicted octanol–water partition coefficient (Wildman–Crippen LogP) is 3.82. The number of benzene rings is 1. The summed E-state index contributed by atoms with van der Waals surface area (Å²) in [5.74, 6) is -0.0298. The minimum atomic E-state index is -0.0298. The predicted molar refractivity (Wildman–Crippen MR) is 104 cm³/mol. The molecule has 0 aliphatic rings. The molecule has 138 valence electrons. The van der Waals surface area contributed by atoms with Crippen molar-refractivity contribution in [3.05, 3.63) is 72.0 Å². The molecule has 3 nitrogen and oxygen atoms in total. The number of allylic oxidation sites excluding steroid dienone is 1. The Bertz CT molecular complexity index is 587. The Morgan fingerprint density at radius 3 is 2.40 bits per heavy atom. The summed E-state index contributed by atoms with van der Waals surface area (Å²) in [5, 5.41) is 11.4. The molecule has 1 atom stereocenters. The fourth-order valence-corrected chi connectivity index (χ4v) is 3.18. The van der Waals surface area contributed by atoms with Gasteiger partial charge in [-0.15, -0.1) is 6.58 Å². The molecule has 1 aromatic rings. The lowest BCUT2D eigenvalue weighted by Crippen LogP contribution is -2.51. The van der Waals surface area contributed by atoms with E-state index in [1.54, 1.807) is 0 Å².